The van der Waals surface area contributed by atoms with Gasteiger partial charge in [0.05, 0.1) is 11.5 Å². The molecule has 6 nitrogen and oxygen atoms in total. The van der Waals surface area contributed by atoms with Crippen LogP contribution in [0.3, 0.4) is 0 Å². The van der Waals surface area contributed by atoms with Crippen LogP contribution in [0.2, 0.25) is 0 Å². The molecular formula is C13H18N2O4S. The van der Waals surface area contributed by atoms with E-state index in [4.69, 9.17) is 10.5 Å². The summed E-state index contributed by atoms with van der Waals surface area (Å²) >= 11 is 0. The van der Waals surface area contributed by atoms with Crippen molar-refractivity contribution < 1.29 is 17.9 Å². The first kappa shape index (κ1) is 14.8. The molecule has 0 radical (unpaired) electrons. The normalized spacial score (nSPS) is 19.9. The highest BCUT2D eigenvalue weighted by Crippen LogP contribution is 2.27. The van der Waals surface area contributed by atoms with E-state index in [2.05, 4.69) is 0 Å². The van der Waals surface area contributed by atoms with Gasteiger partial charge >= 0.3 is 5.97 Å². The SMILES string of the molecule is CCOC(=O)C1CCCN1S(=O)(=O)c1cccc(N)c1. The zero-order valence-electron chi connectivity index (χ0n) is 11.3. The van der Waals surface area contributed by atoms with Crippen molar-refractivity contribution in [1.29, 1.82) is 0 Å². The van der Waals surface area contributed by atoms with Crippen LogP contribution in [0.5, 0.6) is 0 Å². The van der Waals surface area contributed by atoms with Crippen LogP contribution in [0.25, 0.3) is 0 Å². The van der Waals surface area contributed by atoms with E-state index in [-0.39, 0.29) is 11.5 Å². The summed E-state index contributed by atoms with van der Waals surface area (Å²) in [4.78, 5) is 12.0. The minimum Gasteiger partial charge on any atom is -0.465 e. The Morgan fingerprint density at radius 2 is 2.25 bits per heavy atom. The standard InChI is InChI=1S/C13H18N2O4S/c1-2-19-13(16)12-7-4-8-15(12)20(17,18)11-6-3-5-10(14)9-11/h3,5-6,9,12H,2,4,7-8,14H2,1H3. The second-order valence-corrected chi connectivity index (χ2v) is 6.49. The Morgan fingerprint density at radius 3 is 2.90 bits per heavy atom. The van der Waals surface area contributed by atoms with Crippen LogP contribution in [-0.4, -0.2) is 37.9 Å². The van der Waals surface area contributed by atoms with Crippen molar-refractivity contribution >= 4 is 21.7 Å². The van der Waals surface area contributed by atoms with Crippen LogP contribution in [0.1, 0.15) is 19.8 Å². The summed E-state index contributed by atoms with van der Waals surface area (Å²) in [5.41, 5.74) is 5.99. The fourth-order valence-electron chi connectivity index (χ4n) is 2.31. The third-order valence-electron chi connectivity index (χ3n) is 3.23. The monoisotopic (exact) mass is 298 g/mol. The average Bonchev–Trinajstić information content (AvgIpc) is 2.89. The number of carbonyl (C=O) groups is 1. The molecule has 1 aromatic rings. The minimum atomic E-state index is -3.72. The highest BCUT2D eigenvalue weighted by atomic mass is 32.2. The van der Waals surface area contributed by atoms with Gasteiger partial charge in [0.2, 0.25) is 10.0 Å². The predicted molar refractivity (Wildman–Crippen MR) is 74.4 cm³/mol. The van der Waals surface area contributed by atoms with Gasteiger partial charge in [0.25, 0.3) is 0 Å². The molecule has 0 saturated carbocycles. The van der Waals surface area contributed by atoms with Gasteiger partial charge in [0.15, 0.2) is 0 Å². The zero-order valence-corrected chi connectivity index (χ0v) is 12.1. The van der Waals surface area contributed by atoms with E-state index in [9.17, 15) is 13.2 Å². The Morgan fingerprint density at radius 1 is 1.50 bits per heavy atom. The lowest BCUT2D eigenvalue weighted by atomic mass is 10.2. The molecule has 110 valence electrons. The van der Waals surface area contributed by atoms with Crippen molar-refractivity contribution in [2.24, 2.45) is 0 Å². The maximum atomic E-state index is 12.6. The summed E-state index contributed by atoms with van der Waals surface area (Å²) in [7, 11) is -3.72. The lowest BCUT2D eigenvalue weighted by molar-refractivity contribution is -0.146. The Labute approximate surface area is 118 Å². The molecule has 0 amide bonds. The van der Waals surface area contributed by atoms with Crippen molar-refractivity contribution in [3.05, 3.63) is 24.3 Å². The van der Waals surface area contributed by atoms with E-state index in [1.165, 1.54) is 16.4 Å². The number of nitrogen functional groups attached to an aromatic ring is 1. The van der Waals surface area contributed by atoms with E-state index >= 15 is 0 Å². The summed E-state index contributed by atoms with van der Waals surface area (Å²) in [5.74, 6) is -0.488. The first-order valence-corrected chi connectivity index (χ1v) is 7.95. The van der Waals surface area contributed by atoms with Crippen molar-refractivity contribution in [2.75, 3.05) is 18.9 Å². The molecule has 0 aromatic heterocycles. The maximum absolute atomic E-state index is 12.6. The molecule has 2 N–H and O–H groups in total. The van der Waals surface area contributed by atoms with Crippen molar-refractivity contribution in [1.82, 2.24) is 4.31 Å². The second kappa shape index (κ2) is 5.80. The number of rotatable bonds is 4. The third-order valence-corrected chi connectivity index (χ3v) is 5.13. The first-order chi connectivity index (χ1) is 9.46. The van der Waals surface area contributed by atoms with Gasteiger partial charge in [0.1, 0.15) is 6.04 Å². The topological polar surface area (TPSA) is 89.7 Å². The molecule has 1 saturated heterocycles. The smallest absolute Gasteiger partial charge is 0.324 e. The van der Waals surface area contributed by atoms with Crippen LogP contribution >= 0.6 is 0 Å². The van der Waals surface area contributed by atoms with Gasteiger partial charge < -0.3 is 10.5 Å². The zero-order chi connectivity index (χ0) is 14.8. The summed E-state index contributed by atoms with van der Waals surface area (Å²) in [6.07, 6.45) is 1.13. The molecule has 1 heterocycles. The van der Waals surface area contributed by atoms with Crippen LogP contribution in [0.15, 0.2) is 29.2 Å². The molecule has 2 rings (SSSR count). The summed E-state index contributed by atoms with van der Waals surface area (Å²) in [5, 5.41) is 0. The van der Waals surface area contributed by atoms with Gasteiger partial charge in [-0.1, -0.05) is 6.07 Å². The Balaban J connectivity index is 2.31. The fraction of sp³-hybridized carbons (Fsp3) is 0.462. The number of nitrogens with zero attached hydrogens (tertiary/aromatic N) is 1. The van der Waals surface area contributed by atoms with E-state index in [0.29, 0.717) is 25.1 Å². The Hall–Kier alpha value is -1.60. The summed E-state index contributed by atoms with van der Waals surface area (Å²) in [6.45, 7) is 2.26. The minimum absolute atomic E-state index is 0.105. The molecule has 0 aliphatic carbocycles. The first-order valence-electron chi connectivity index (χ1n) is 6.51. The second-order valence-electron chi connectivity index (χ2n) is 4.60. The fourth-order valence-corrected chi connectivity index (χ4v) is 4.01. The average molecular weight is 298 g/mol. The molecule has 0 bridgehead atoms. The van der Waals surface area contributed by atoms with E-state index < -0.39 is 22.0 Å². The van der Waals surface area contributed by atoms with E-state index in [0.717, 1.165) is 0 Å². The van der Waals surface area contributed by atoms with Crippen LogP contribution < -0.4 is 5.73 Å². The number of sulfonamides is 1. The highest BCUT2D eigenvalue weighted by Gasteiger charge is 2.40. The van der Waals surface area contributed by atoms with Crippen molar-refractivity contribution in [3.63, 3.8) is 0 Å². The van der Waals surface area contributed by atoms with Gasteiger partial charge in [-0.05, 0) is 38.0 Å². The highest BCUT2D eigenvalue weighted by molar-refractivity contribution is 7.89. The van der Waals surface area contributed by atoms with Gasteiger partial charge in [-0.3, -0.25) is 4.79 Å². The Kier molecular flexibility index (Phi) is 4.29. The summed E-state index contributed by atoms with van der Waals surface area (Å²) in [6, 6.07) is 5.34. The van der Waals surface area contributed by atoms with Gasteiger partial charge in [0, 0.05) is 12.2 Å². The van der Waals surface area contributed by atoms with Crippen molar-refractivity contribution in [3.8, 4) is 0 Å². The molecule has 20 heavy (non-hydrogen) atoms. The molecule has 1 fully saturated rings. The van der Waals surface area contributed by atoms with Gasteiger partial charge in [-0.2, -0.15) is 4.31 Å². The third kappa shape index (κ3) is 2.78. The molecule has 1 unspecified atom stereocenters. The molecule has 7 heteroatoms. The molecule has 0 spiro atoms. The van der Waals surface area contributed by atoms with Crippen LogP contribution in [0, 0.1) is 0 Å². The van der Waals surface area contributed by atoms with Gasteiger partial charge in [-0.15, -0.1) is 0 Å². The number of hydrogen-bond donors (Lipinski definition) is 1. The summed E-state index contributed by atoms with van der Waals surface area (Å²) < 4.78 is 31.3. The molecule has 1 aliphatic rings. The number of hydrogen-bond acceptors (Lipinski definition) is 5. The number of anilines is 1. The Bertz CT molecular complexity index is 600. The predicted octanol–water partition coefficient (Wildman–Crippen LogP) is 0.985. The number of nitrogens with two attached hydrogens (primary N) is 1. The van der Waals surface area contributed by atoms with Crippen molar-refractivity contribution in [2.45, 2.75) is 30.7 Å². The quantitative estimate of drug-likeness (QED) is 0.661. The van der Waals surface area contributed by atoms with Crippen LogP contribution in [0.4, 0.5) is 5.69 Å². The number of ether oxygens (including phenoxy) is 1. The van der Waals surface area contributed by atoms with E-state index in [1.54, 1.807) is 19.1 Å². The number of esters is 1. The van der Waals surface area contributed by atoms with Crippen LogP contribution in [-0.2, 0) is 19.6 Å². The van der Waals surface area contributed by atoms with E-state index in [1.807, 2.05) is 0 Å². The lowest BCUT2D eigenvalue weighted by Gasteiger charge is -2.22. The molecule has 1 aromatic carbocycles. The molecule has 1 aliphatic heterocycles. The molecule has 1 atom stereocenters. The maximum Gasteiger partial charge on any atom is 0.324 e. The number of benzene rings is 1. The largest absolute Gasteiger partial charge is 0.465 e. The molecular weight excluding hydrogens is 280 g/mol. The lowest BCUT2D eigenvalue weighted by Crippen LogP contribution is -2.41. The van der Waals surface area contributed by atoms with Gasteiger partial charge in [-0.25, -0.2) is 8.42 Å². The number of carbonyl (C=O) groups excluding carboxylic acids is 1.